The smallest absolute Gasteiger partial charge is 0.262 e. The molecule has 0 aliphatic carbocycles. The summed E-state index contributed by atoms with van der Waals surface area (Å²) in [6.07, 6.45) is 2.82. The lowest BCUT2D eigenvalue weighted by Gasteiger charge is -2.26. The molecule has 1 heterocycles. The number of anilines is 1. The van der Waals surface area contributed by atoms with E-state index in [-0.39, 0.29) is 17.4 Å². The minimum atomic E-state index is -3.56. The van der Waals surface area contributed by atoms with Crippen molar-refractivity contribution in [3.05, 3.63) is 53.6 Å². The summed E-state index contributed by atoms with van der Waals surface area (Å²) in [6, 6.07) is 12.4. The molecule has 2 aromatic rings. The fraction of sp³-hybridized carbons (Fsp3) is 0.381. The van der Waals surface area contributed by atoms with E-state index >= 15 is 0 Å². The van der Waals surface area contributed by atoms with Crippen LogP contribution in [-0.2, 0) is 14.8 Å². The fourth-order valence-corrected chi connectivity index (χ4v) is 5.03. The van der Waals surface area contributed by atoms with Crippen molar-refractivity contribution >= 4 is 21.6 Å². The van der Waals surface area contributed by atoms with Gasteiger partial charge in [-0.25, -0.2) is 8.42 Å². The van der Waals surface area contributed by atoms with E-state index in [4.69, 9.17) is 4.74 Å². The van der Waals surface area contributed by atoms with Gasteiger partial charge in [0.1, 0.15) is 5.75 Å². The molecule has 0 aromatic heterocycles. The Morgan fingerprint density at radius 2 is 1.75 bits per heavy atom. The quantitative estimate of drug-likeness (QED) is 0.802. The molecule has 1 amide bonds. The van der Waals surface area contributed by atoms with Gasteiger partial charge in [0.2, 0.25) is 10.0 Å². The molecule has 2 aromatic carbocycles. The zero-order chi connectivity index (χ0) is 20.1. The second kappa shape index (κ2) is 8.75. The highest BCUT2D eigenvalue weighted by atomic mass is 32.2. The summed E-state index contributed by atoms with van der Waals surface area (Å²) in [4.78, 5) is 12.5. The first kappa shape index (κ1) is 20.4. The topological polar surface area (TPSA) is 75.7 Å². The van der Waals surface area contributed by atoms with Gasteiger partial charge in [-0.15, -0.1) is 0 Å². The monoisotopic (exact) mass is 402 g/mol. The van der Waals surface area contributed by atoms with Crippen LogP contribution in [0.25, 0.3) is 0 Å². The molecule has 7 heteroatoms. The number of carbonyl (C=O) groups excluding carboxylic acids is 1. The molecule has 1 saturated heterocycles. The summed E-state index contributed by atoms with van der Waals surface area (Å²) in [5.41, 5.74) is 2.06. The molecule has 3 rings (SSSR count). The highest BCUT2D eigenvalue weighted by molar-refractivity contribution is 7.89. The van der Waals surface area contributed by atoms with Crippen LogP contribution in [0.2, 0.25) is 0 Å². The molecule has 0 atom stereocenters. The van der Waals surface area contributed by atoms with E-state index in [9.17, 15) is 13.2 Å². The van der Waals surface area contributed by atoms with Gasteiger partial charge < -0.3 is 10.1 Å². The summed E-state index contributed by atoms with van der Waals surface area (Å²) in [5.74, 6) is 0.309. The summed E-state index contributed by atoms with van der Waals surface area (Å²) >= 11 is 0. The zero-order valence-electron chi connectivity index (χ0n) is 16.3. The summed E-state index contributed by atoms with van der Waals surface area (Å²) in [5, 5.41) is 2.73. The van der Waals surface area contributed by atoms with E-state index in [2.05, 4.69) is 5.32 Å². The number of piperidine rings is 1. The Labute approximate surface area is 166 Å². The van der Waals surface area contributed by atoms with Gasteiger partial charge in [0, 0.05) is 18.8 Å². The van der Waals surface area contributed by atoms with Crippen molar-refractivity contribution < 1.29 is 17.9 Å². The summed E-state index contributed by atoms with van der Waals surface area (Å²) in [7, 11) is -3.56. The number of ether oxygens (including phenoxy) is 1. The Morgan fingerprint density at radius 1 is 1.04 bits per heavy atom. The molecule has 0 bridgehead atoms. The van der Waals surface area contributed by atoms with Gasteiger partial charge in [0.25, 0.3) is 5.91 Å². The fourth-order valence-electron chi connectivity index (χ4n) is 3.26. The van der Waals surface area contributed by atoms with Gasteiger partial charge >= 0.3 is 0 Å². The average Bonchev–Trinajstić information content (AvgIpc) is 2.69. The molecule has 6 nitrogen and oxygen atoms in total. The number of sulfonamides is 1. The third-order valence-electron chi connectivity index (χ3n) is 4.86. The number of carbonyl (C=O) groups is 1. The number of nitrogens with one attached hydrogen (secondary N) is 1. The number of rotatable bonds is 6. The van der Waals surface area contributed by atoms with Crippen LogP contribution in [0.5, 0.6) is 5.75 Å². The van der Waals surface area contributed by atoms with Crippen LogP contribution < -0.4 is 10.1 Å². The summed E-state index contributed by atoms with van der Waals surface area (Å²) in [6.45, 7) is 4.62. The molecule has 150 valence electrons. The second-order valence-electron chi connectivity index (χ2n) is 7.05. The van der Waals surface area contributed by atoms with E-state index in [1.807, 2.05) is 25.1 Å². The molecule has 0 saturated carbocycles. The largest absolute Gasteiger partial charge is 0.483 e. The Bertz CT molecular complexity index is 951. The molecule has 0 spiro atoms. The third kappa shape index (κ3) is 4.72. The molecule has 1 aliphatic heterocycles. The van der Waals surface area contributed by atoms with Crippen LogP contribution in [0, 0.1) is 13.8 Å². The molecule has 0 radical (unpaired) electrons. The molecule has 0 unspecified atom stereocenters. The number of para-hydroxylation sites is 1. The average molecular weight is 403 g/mol. The zero-order valence-corrected chi connectivity index (χ0v) is 17.1. The lowest BCUT2D eigenvalue weighted by Crippen LogP contribution is -2.36. The van der Waals surface area contributed by atoms with E-state index in [0.29, 0.717) is 30.1 Å². The maximum atomic E-state index is 13.0. The van der Waals surface area contributed by atoms with Gasteiger partial charge in [-0.2, -0.15) is 4.31 Å². The van der Waals surface area contributed by atoms with Crippen LogP contribution >= 0.6 is 0 Å². The van der Waals surface area contributed by atoms with Crippen LogP contribution in [0.15, 0.2) is 47.4 Å². The number of hydrogen-bond donors (Lipinski definition) is 1. The van der Waals surface area contributed by atoms with E-state index in [0.717, 1.165) is 24.8 Å². The number of hydrogen-bond acceptors (Lipinski definition) is 4. The van der Waals surface area contributed by atoms with E-state index in [1.165, 1.54) is 10.4 Å². The van der Waals surface area contributed by atoms with Gasteiger partial charge in [-0.3, -0.25) is 4.79 Å². The van der Waals surface area contributed by atoms with Crippen molar-refractivity contribution in [1.29, 1.82) is 0 Å². The number of nitrogens with zero attached hydrogens (tertiary/aromatic N) is 1. The van der Waals surface area contributed by atoms with Gasteiger partial charge in [0.15, 0.2) is 6.61 Å². The van der Waals surface area contributed by atoms with E-state index < -0.39 is 10.0 Å². The Kier molecular flexibility index (Phi) is 6.36. The minimum Gasteiger partial charge on any atom is -0.483 e. The van der Waals surface area contributed by atoms with Crippen LogP contribution in [0.1, 0.15) is 30.4 Å². The van der Waals surface area contributed by atoms with Crippen molar-refractivity contribution in [2.45, 2.75) is 38.0 Å². The molecule has 1 aliphatic rings. The predicted octanol–water partition coefficient (Wildman–Crippen LogP) is 3.50. The van der Waals surface area contributed by atoms with Crippen LogP contribution in [-0.4, -0.2) is 38.3 Å². The molecular weight excluding hydrogens is 376 g/mol. The van der Waals surface area contributed by atoms with Gasteiger partial charge in [-0.1, -0.05) is 30.7 Å². The van der Waals surface area contributed by atoms with Crippen molar-refractivity contribution in [2.75, 3.05) is 25.0 Å². The van der Waals surface area contributed by atoms with Gasteiger partial charge in [0.05, 0.1) is 4.90 Å². The van der Waals surface area contributed by atoms with E-state index in [1.54, 1.807) is 25.1 Å². The first-order valence-electron chi connectivity index (χ1n) is 9.47. The predicted molar refractivity (Wildman–Crippen MR) is 109 cm³/mol. The maximum Gasteiger partial charge on any atom is 0.262 e. The first-order valence-corrected chi connectivity index (χ1v) is 10.9. The lowest BCUT2D eigenvalue weighted by molar-refractivity contribution is -0.118. The second-order valence-corrected chi connectivity index (χ2v) is 8.95. The van der Waals surface area contributed by atoms with Crippen molar-refractivity contribution in [3.8, 4) is 5.75 Å². The van der Waals surface area contributed by atoms with Crippen LogP contribution in [0.4, 0.5) is 5.69 Å². The van der Waals surface area contributed by atoms with Crippen LogP contribution in [0.3, 0.4) is 0 Å². The number of amides is 1. The van der Waals surface area contributed by atoms with Gasteiger partial charge in [-0.05, 0) is 56.0 Å². The normalized spacial score (nSPS) is 15.2. The molecule has 1 fully saturated rings. The Balaban J connectivity index is 1.70. The van der Waals surface area contributed by atoms with Crippen molar-refractivity contribution in [2.24, 2.45) is 0 Å². The highest BCUT2D eigenvalue weighted by Gasteiger charge is 2.27. The maximum absolute atomic E-state index is 13.0. The van der Waals surface area contributed by atoms with Crippen molar-refractivity contribution in [1.82, 2.24) is 4.31 Å². The first-order chi connectivity index (χ1) is 13.4. The third-order valence-corrected chi connectivity index (χ3v) is 6.90. The standard InChI is InChI=1S/C21H26N2O4S/c1-16-8-4-5-9-19(16)27-15-21(24)22-18-11-10-17(2)20(14-18)28(25,26)23-12-6-3-7-13-23/h4-5,8-11,14H,3,6-7,12-13,15H2,1-2H3,(H,22,24). The Morgan fingerprint density at radius 3 is 2.46 bits per heavy atom. The number of benzene rings is 2. The molecule has 28 heavy (non-hydrogen) atoms. The SMILES string of the molecule is Cc1ccccc1OCC(=O)Nc1ccc(C)c(S(=O)(=O)N2CCCCC2)c1. The Hall–Kier alpha value is -2.38. The minimum absolute atomic E-state index is 0.146. The highest BCUT2D eigenvalue weighted by Crippen LogP contribution is 2.26. The van der Waals surface area contributed by atoms with Crippen molar-refractivity contribution in [3.63, 3.8) is 0 Å². The molecular formula is C21H26N2O4S. The number of aryl methyl sites for hydroxylation is 2. The summed E-state index contributed by atoms with van der Waals surface area (Å²) < 4.78 is 33.0. The lowest BCUT2D eigenvalue weighted by atomic mass is 10.2. The molecule has 1 N–H and O–H groups in total.